The highest BCUT2D eigenvalue weighted by molar-refractivity contribution is 7.22. The Kier molecular flexibility index (Phi) is 4.97. The van der Waals surface area contributed by atoms with E-state index in [1.165, 1.54) is 68.2 Å². The standard InChI is InChI=1S/C18H30N6S/c1-14-16-17(22(3)20-14)19-18(25-16)24-8-5-4-6-15(24)7-9-23-12-10-21(2)11-13-23/h15H,4-13H2,1-3H3/t15-/m1/s1. The first-order valence-electron chi connectivity index (χ1n) is 9.59. The Morgan fingerprint density at radius 1 is 1.08 bits per heavy atom. The van der Waals surface area contributed by atoms with E-state index in [1.54, 1.807) is 0 Å². The van der Waals surface area contributed by atoms with Crippen LogP contribution in [0, 0.1) is 6.92 Å². The highest BCUT2D eigenvalue weighted by Crippen LogP contribution is 2.34. The van der Waals surface area contributed by atoms with Gasteiger partial charge in [0.25, 0.3) is 0 Å². The summed E-state index contributed by atoms with van der Waals surface area (Å²) in [6, 6.07) is 0.641. The van der Waals surface area contributed by atoms with Gasteiger partial charge in [-0.1, -0.05) is 11.3 Å². The van der Waals surface area contributed by atoms with Crippen LogP contribution in [0.15, 0.2) is 0 Å². The molecule has 2 fully saturated rings. The number of piperidine rings is 1. The lowest BCUT2D eigenvalue weighted by molar-refractivity contribution is 0.148. The molecule has 25 heavy (non-hydrogen) atoms. The highest BCUT2D eigenvalue weighted by atomic mass is 32.1. The van der Waals surface area contributed by atoms with E-state index >= 15 is 0 Å². The molecular weight excluding hydrogens is 332 g/mol. The molecule has 2 saturated heterocycles. The Balaban J connectivity index is 1.45. The largest absolute Gasteiger partial charge is 0.345 e. The van der Waals surface area contributed by atoms with Crippen LogP contribution in [0.3, 0.4) is 0 Å². The van der Waals surface area contributed by atoms with Gasteiger partial charge < -0.3 is 14.7 Å². The van der Waals surface area contributed by atoms with Crippen LogP contribution in [-0.4, -0.2) is 76.9 Å². The van der Waals surface area contributed by atoms with Gasteiger partial charge in [0, 0.05) is 52.4 Å². The normalized spacial score (nSPS) is 23.6. The van der Waals surface area contributed by atoms with E-state index in [0.29, 0.717) is 6.04 Å². The molecule has 138 valence electrons. The van der Waals surface area contributed by atoms with Crippen molar-refractivity contribution in [1.29, 1.82) is 0 Å². The van der Waals surface area contributed by atoms with E-state index in [9.17, 15) is 0 Å². The van der Waals surface area contributed by atoms with Gasteiger partial charge in [-0.15, -0.1) is 0 Å². The SMILES string of the molecule is Cc1nn(C)c2nc(N3CCCC[C@@H]3CCN3CCN(C)CC3)sc12. The Morgan fingerprint density at radius 3 is 2.64 bits per heavy atom. The summed E-state index contributed by atoms with van der Waals surface area (Å²) in [6.45, 7) is 9.31. The number of likely N-dealkylation sites (N-methyl/N-ethyl adjacent to an activating group) is 1. The van der Waals surface area contributed by atoms with E-state index < -0.39 is 0 Å². The third kappa shape index (κ3) is 3.55. The number of aromatic nitrogens is 3. The summed E-state index contributed by atoms with van der Waals surface area (Å²) in [7, 11) is 4.23. The number of aryl methyl sites for hydroxylation is 2. The molecule has 6 nitrogen and oxygen atoms in total. The zero-order chi connectivity index (χ0) is 17.4. The number of thiazole rings is 1. The smallest absolute Gasteiger partial charge is 0.188 e. The predicted molar refractivity (Wildman–Crippen MR) is 105 cm³/mol. The minimum Gasteiger partial charge on any atom is -0.345 e. The molecule has 0 saturated carbocycles. The maximum atomic E-state index is 4.94. The van der Waals surface area contributed by atoms with Gasteiger partial charge >= 0.3 is 0 Å². The third-order valence-electron chi connectivity index (χ3n) is 5.78. The maximum Gasteiger partial charge on any atom is 0.188 e. The lowest BCUT2D eigenvalue weighted by Gasteiger charge is -2.38. The van der Waals surface area contributed by atoms with Crippen LogP contribution in [0.2, 0.25) is 0 Å². The Labute approximate surface area is 154 Å². The third-order valence-corrected chi connectivity index (χ3v) is 6.97. The Bertz CT molecular complexity index is 680. The summed E-state index contributed by atoms with van der Waals surface area (Å²) < 4.78 is 3.18. The molecule has 2 aliphatic heterocycles. The first-order valence-corrected chi connectivity index (χ1v) is 10.4. The summed E-state index contributed by atoms with van der Waals surface area (Å²) in [6.07, 6.45) is 5.21. The first-order chi connectivity index (χ1) is 12.1. The molecule has 0 aliphatic carbocycles. The Morgan fingerprint density at radius 2 is 1.88 bits per heavy atom. The molecule has 1 atom stereocenters. The molecule has 2 aromatic rings. The van der Waals surface area contributed by atoms with Crippen molar-refractivity contribution in [3.8, 4) is 0 Å². The zero-order valence-corrected chi connectivity index (χ0v) is 16.6. The molecule has 0 aromatic carbocycles. The van der Waals surface area contributed by atoms with Gasteiger partial charge in [0.1, 0.15) is 0 Å². The van der Waals surface area contributed by atoms with Crippen LogP contribution in [0.4, 0.5) is 5.13 Å². The lowest BCUT2D eigenvalue weighted by atomic mass is 9.99. The molecule has 2 aliphatic rings. The van der Waals surface area contributed by atoms with Gasteiger partial charge in [0.2, 0.25) is 0 Å². The average Bonchev–Trinajstić information content (AvgIpc) is 3.16. The van der Waals surface area contributed by atoms with Crippen molar-refractivity contribution in [3.05, 3.63) is 5.69 Å². The monoisotopic (exact) mass is 362 g/mol. The van der Waals surface area contributed by atoms with Crippen molar-refractivity contribution in [1.82, 2.24) is 24.6 Å². The van der Waals surface area contributed by atoms with Gasteiger partial charge in [0.05, 0.1) is 10.4 Å². The van der Waals surface area contributed by atoms with Gasteiger partial charge in [-0.2, -0.15) is 5.10 Å². The van der Waals surface area contributed by atoms with Crippen molar-refractivity contribution in [2.45, 2.75) is 38.6 Å². The molecule has 4 rings (SSSR count). The van der Waals surface area contributed by atoms with Crippen LogP contribution < -0.4 is 4.90 Å². The topological polar surface area (TPSA) is 40.4 Å². The predicted octanol–water partition coefficient (Wildman–Crippen LogP) is 2.33. The minimum atomic E-state index is 0.641. The number of rotatable bonds is 4. The second-order valence-electron chi connectivity index (χ2n) is 7.63. The van der Waals surface area contributed by atoms with Gasteiger partial charge in [-0.05, 0) is 39.7 Å². The van der Waals surface area contributed by atoms with Crippen molar-refractivity contribution in [3.63, 3.8) is 0 Å². The van der Waals surface area contributed by atoms with Crippen LogP contribution in [0.25, 0.3) is 10.3 Å². The van der Waals surface area contributed by atoms with Crippen LogP contribution >= 0.6 is 11.3 Å². The number of nitrogens with zero attached hydrogens (tertiary/aromatic N) is 6. The molecule has 0 spiro atoms. The first kappa shape index (κ1) is 17.2. The van der Waals surface area contributed by atoms with Gasteiger partial charge in [0.15, 0.2) is 10.8 Å². The molecule has 0 radical (unpaired) electrons. The van der Waals surface area contributed by atoms with Crippen molar-refractivity contribution in [2.24, 2.45) is 7.05 Å². The van der Waals surface area contributed by atoms with Crippen molar-refractivity contribution in [2.75, 3.05) is 51.2 Å². The van der Waals surface area contributed by atoms with Gasteiger partial charge in [-0.3, -0.25) is 0 Å². The van der Waals surface area contributed by atoms with Crippen molar-refractivity contribution < 1.29 is 0 Å². The molecule has 4 heterocycles. The number of fused-ring (bicyclic) bond motifs is 1. The maximum absolute atomic E-state index is 4.94. The molecule has 0 bridgehead atoms. The summed E-state index contributed by atoms with van der Waals surface area (Å²) >= 11 is 1.83. The highest BCUT2D eigenvalue weighted by Gasteiger charge is 2.27. The molecule has 0 N–H and O–H groups in total. The fourth-order valence-corrected chi connectivity index (χ4v) is 5.28. The molecule has 7 heteroatoms. The molecular formula is C18H30N6S. The van der Waals surface area contributed by atoms with E-state index in [1.807, 2.05) is 23.1 Å². The second-order valence-corrected chi connectivity index (χ2v) is 8.61. The minimum absolute atomic E-state index is 0.641. The van der Waals surface area contributed by atoms with E-state index in [-0.39, 0.29) is 0 Å². The summed E-state index contributed by atoms with van der Waals surface area (Å²) in [4.78, 5) is 12.6. The summed E-state index contributed by atoms with van der Waals surface area (Å²) in [5.41, 5.74) is 2.15. The molecule has 0 unspecified atom stereocenters. The number of hydrogen-bond donors (Lipinski definition) is 0. The van der Waals surface area contributed by atoms with E-state index in [0.717, 1.165) is 17.9 Å². The lowest BCUT2D eigenvalue weighted by Crippen LogP contribution is -2.47. The quantitative estimate of drug-likeness (QED) is 0.835. The number of piperazine rings is 1. The van der Waals surface area contributed by atoms with E-state index in [2.05, 4.69) is 33.8 Å². The van der Waals surface area contributed by atoms with Crippen molar-refractivity contribution >= 4 is 26.8 Å². The van der Waals surface area contributed by atoms with Crippen LogP contribution in [-0.2, 0) is 7.05 Å². The molecule has 2 aromatic heterocycles. The van der Waals surface area contributed by atoms with Crippen LogP contribution in [0.1, 0.15) is 31.4 Å². The molecule has 0 amide bonds. The average molecular weight is 363 g/mol. The fourth-order valence-electron chi connectivity index (χ4n) is 4.15. The zero-order valence-electron chi connectivity index (χ0n) is 15.7. The fraction of sp³-hybridized carbons (Fsp3) is 0.778. The number of anilines is 1. The Hall–Kier alpha value is -1.18. The van der Waals surface area contributed by atoms with Crippen LogP contribution in [0.5, 0.6) is 0 Å². The second kappa shape index (κ2) is 7.21. The van der Waals surface area contributed by atoms with E-state index in [4.69, 9.17) is 4.98 Å². The van der Waals surface area contributed by atoms with Gasteiger partial charge in [-0.25, -0.2) is 9.67 Å². The number of hydrogen-bond acceptors (Lipinski definition) is 6. The summed E-state index contributed by atoms with van der Waals surface area (Å²) in [5.74, 6) is 0. The summed E-state index contributed by atoms with van der Waals surface area (Å²) in [5, 5.41) is 5.70.